The molecule has 1 heterocycles. The number of halogens is 1. The molecule has 0 saturated carbocycles. The van der Waals surface area contributed by atoms with E-state index in [0.29, 0.717) is 34.4 Å². The Balaban J connectivity index is 1.50. The second-order valence-corrected chi connectivity index (χ2v) is 12.7. The molecule has 0 aliphatic carbocycles. The Kier molecular flexibility index (Phi) is 8.03. The summed E-state index contributed by atoms with van der Waals surface area (Å²) in [6.07, 6.45) is -0.532. The smallest absolute Gasteiger partial charge is 0.262 e. The van der Waals surface area contributed by atoms with E-state index in [1.165, 1.54) is 12.1 Å². The Labute approximate surface area is 262 Å². The van der Waals surface area contributed by atoms with Crippen molar-refractivity contribution in [2.45, 2.75) is 24.5 Å². The van der Waals surface area contributed by atoms with Crippen LogP contribution in [0, 0.1) is 6.92 Å². The van der Waals surface area contributed by atoms with Gasteiger partial charge in [-0.1, -0.05) is 71.8 Å². The molecule has 0 radical (unpaired) electrons. The molecule has 1 N–H and O–H groups in total. The summed E-state index contributed by atoms with van der Waals surface area (Å²) in [5.74, 6) is 0.298. The number of amides is 1. The van der Waals surface area contributed by atoms with Crippen molar-refractivity contribution in [3.8, 4) is 5.75 Å². The summed E-state index contributed by atoms with van der Waals surface area (Å²) in [6.45, 7) is 2.45. The second-order valence-electron chi connectivity index (χ2n) is 10.6. The van der Waals surface area contributed by atoms with Gasteiger partial charge in [0.2, 0.25) is 0 Å². The Morgan fingerprint density at radius 3 is 2.18 bits per heavy atom. The number of ether oxygens (including phenoxy) is 1. The van der Waals surface area contributed by atoms with E-state index in [1.54, 1.807) is 42.3 Å². The molecular weight excluding hydrogens is 594 g/mol. The summed E-state index contributed by atoms with van der Waals surface area (Å²) >= 11 is 6.27. The minimum atomic E-state index is -4.02. The van der Waals surface area contributed by atoms with Gasteiger partial charge < -0.3 is 9.64 Å². The molecule has 0 saturated heterocycles. The van der Waals surface area contributed by atoms with Gasteiger partial charge in [0.15, 0.2) is 0 Å². The highest BCUT2D eigenvalue weighted by atomic mass is 35.5. The molecule has 222 valence electrons. The van der Waals surface area contributed by atoms with E-state index in [1.807, 2.05) is 85.8 Å². The molecule has 1 amide bonds. The van der Waals surface area contributed by atoms with E-state index in [4.69, 9.17) is 16.3 Å². The third-order valence-electron chi connectivity index (χ3n) is 7.60. The minimum absolute atomic E-state index is 0.0196. The standard InChI is InChI=1S/C35H30ClN3O4S/c1-24-8-16-29(17-9-24)39-34(26-10-12-27(36)13-11-26)38(23-25-6-4-3-5-7-25)33-21-20-31(22-32(33)35(39)40)44(41,42)37-28-14-18-30(43-2)19-15-28/h3-22,34,37H,23H2,1-2H3/t34-/m1/s1. The maximum absolute atomic E-state index is 14.5. The van der Waals surface area contributed by atoms with Crippen molar-refractivity contribution in [1.82, 2.24) is 0 Å². The molecule has 6 rings (SSSR count). The highest BCUT2D eigenvalue weighted by Gasteiger charge is 2.40. The van der Waals surface area contributed by atoms with Crippen LogP contribution >= 0.6 is 11.6 Å². The fourth-order valence-electron chi connectivity index (χ4n) is 5.37. The van der Waals surface area contributed by atoms with Crippen molar-refractivity contribution in [2.75, 3.05) is 21.6 Å². The lowest BCUT2D eigenvalue weighted by atomic mass is 9.99. The summed E-state index contributed by atoms with van der Waals surface area (Å²) in [4.78, 5) is 18.3. The van der Waals surface area contributed by atoms with Crippen molar-refractivity contribution in [1.29, 1.82) is 0 Å². The number of aryl methyl sites for hydroxylation is 1. The number of methoxy groups -OCH3 is 1. The van der Waals surface area contributed by atoms with Gasteiger partial charge in [0.05, 0.1) is 23.3 Å². The third kappa shape index (κ3) is 5.86. The molecule has 1 aliphatic rings. The van der Waals surface area contributed by atoms with E-state index in [2.05, 4.69) is 9.62 Å². The first-order valence-corrected chi connectivity index (χ1v) is 15.9. The molecule has 0 aromatic heterocycles. The number of hydrogen-bond donors (Lipinski definition) is 1. The van der Waals surface area contributed by atoms with Gasteiger partial charge in [-0.25, -0.2) is 8.42 Å². The fraction of sp³-hybridized carbons (Fsp3) is 0.114. The monoisotopic (exact) mass is 623 g/mol. The molecule has 0 fully saturated rings. The lowest BCUT2D eigenvalue weighted by Gasteiger charge is -2.46. The molecule has 7 nitrogen and oxygen atoms in total. The molecule has 0 bridgehead atoms. The van der Waals surface area contributed by atoms with Crippen molar-refractivity contribution >= 4 is 44.6 Å². The molecular formula is C35H30ClN3O4S. The number of anilines is 3. The molecule has 44 heavy (non-hydrogen) atoms. The number of carbonyl (C=O) groups excluding carboxylic acids is 1. The van der Waals surface area contributed by atoms with Gasteiger partial charge in [-0.15, -0.1) is 0 Å². The van der Waals surface area contributed by atoms with Crippen LogP contribution < -0.4 is 19.3 Å². The van der Waals surface area contributed by atoms with Gasteiger partial charge >= 0.3 is 0 Å². The zero-order valence-electron chi connectivity index (χ0n) is 24.1. The van der Waals surface area contributed by atoms with Crippen LogP contribution in [0.15, 0.2) is 126 Å². The van der Waals surface area contributed by atoms with Gasteiger partial charge in [-0.2, -0.15) is 0 Å². The molecule has 5 aromatic rings. The third-order valence-corrected chi connectivity index (χ3v) is 9.23. The Bertz CT molecular complexity index is 1900. The van der Waals surface area contributed by atoms with Crippen LogP contribution in [0.1, 0.15) is 33.2 Å². The first-order chi connectivity index (χ1) is 21.2. The van der Waals surface area contributed by atoms with Crippen molar-refractivity contribution in [2.24, 2.45) is 0 Å². The molecule has 9 heteroatoms. The van der Waals surface area contributed by atoms with Gasteiger partial charge in [0, 0.05) is 22.9 Å². The quantitative estimate of drug-likeness (QED) is 0.191. The molecule has 0 spiro atoms. The van der Waals surface area contributed by atoms with Crippen molar-refractivity contribution in [3.63, 3.8) is 0 Å². The van der Waals surface area contributed by atoms with Crippen LogP contribution in [0.2, 0.25) is 5.02 Å². The summed E-state index contributed by atoms with van der Waals surface area (Å²) in [6, 6.07) is 36.5. The topological polar surface area (TPSA) is 78.9 Å². The van der Waals surface area contributed by atoms with Crippen LogP contribution in [-0.4, -0.2) is 21.4 Å². The van der Waals surface area contributed by atoms with Crippen molar-refractivity contribution < 1.29 is 17.9 Å². The summed E-state index contributed by atoms with van der Waals surface area (Å²) in [7, 11) is -2.48. The van der Waals surface area contributed by atoms with E-state index in [9.17, 15) is 13.2 Å². The number of hydrogen-bond acceptors (Lipinski definition) is 5. The zero-order chi connectivity index (χ0) is 30.8. The van der Waals surface area contributed by atoms with E-state index >= 15 is 0 Å². The summed E-state index contributed by atoms with van der Waals surface area (Å²) in [5.41, 5.74) is 4.94. The Morgan fingerprint density at radius 2 is 1.52 bits per heavy atom. The largest absolute Gasteiger partial charge is 0.497 e. The maximum Gasteiger partial charge on any atom is 0.262 e. The first kappa shape index (κ1) is 29.3. The number of nitrogens with one attached hydrogen (secondary N) is 1. The fourth-order valence-corrected chi connectivity index (χ4v) is 6.58. The highest BCUT2D eigenvalue weighted by Crippen LogP contribution is 2.43. The van der Waals surface area contributed by atoms with Crippen LogP contribution in [0.5, 0.6) is 5.75 Å². The first-order valence-electron chi connectivity index (χ1n) is 14.0. The predicted octanol–water partition coefficient (Wildman–Crippen LogP) is 7.82. The maximum atomic E-state index is 14.5. The summed E-state index contributed by atoms with van der Waals surface area (Å²) in [5, 5.41) is 0.590. The normalized spacial score (nSPS) is 14.7. The number of benzene rings is 5. The van der Waals surface area contributed by atoms with E-state index < -0.39 is 16.2 Å². The SMILES string of the molecule is COc1ccc(NS(=O)(=O)c2ccc3c(c2)C(=O)N(c2ccc(C)cc2)[C@H](c2ccc(Cl)cc2)N3Cc2ccccc2)cc1. The second kappa shape index (κ2) is 12.1. The Hall–Kier alpha value is -4.79. The van der Waals surface area contributed by atoms with Crippen LogP contribution in [0.25, 0.3) is 0 Å². The van der Waals surface area contributed by atoms with Gasteiger partial charge in [0.25, 0.3) is 15.9 Å². The van der Waals surface area contributed by atoms with Gasteiger partial charge in [0.1, 0.15) is 11.9 Å². The number of carbonyl (C=O) groups is 1. The molecule has 1 aliphatic heterocycles. The molecule has 0 unspecified atom stereocenters. The molecule has 5 aromatic carbocycles. The van der Waals surface area contributed by atoms with Gasteiger partial charge in [-0.05, 0) is 84.8 Å². The number of fused-ring (bicyclic) bond motifs is 1. The summed E-state index contributed by atoms with van der Waals surface area (Å²) < 4.78 is 34.9. The number of rotatable bonds is 8. The van der Waals surface area contributed by atoms with Crippen molar-refractivity contribution in [3.05, 3.63) is 149 Å². The highest BCUT2D eigenvalue weighted by molar-refractivity contribution is 7.92. The lowest BCUT2D eigenvalue weighted by molar-refractivity contribution is 0.0968. The number of nitrogens with zero attached hydrogens (tertiary/aromatic N) is 2. The predicted molar refractivity (Wildman–Crippen MR) is 175 cm³/mol. The van der Waals surface area contributed by atoms with E-state index in [0.717, 1.165) is 16.7 Å². The lowest BCUT2D eigenvalue weighted by Crippen LogP contribution is -2.49. The minimum Gasteiger partial charge on any atom is -0.497 e. The average molecular weight is 624 g/mol. The van der Waals surface area contributed by atoms with Gasteiger partial charge in [-0.3, -0.25) is 14.4 Å². The van der Waals surface area contributed by atoms with Crippen LogP contribution in [0.4, 0.5) is 17.1 Å². The Morgan fingerprint density at radius 1 is 0.841 bits per heavy atom. The molecule has 1 atom stereocenters. The average Bonchev–Trinajstić information content (AvgIpc) is 3.04. The zero-order valence-corrected chi connectivity index (χ0v) is 25.7. The number of sulfonamides is 1. The van der Waals surface area contributed by atoms with Crippen LogP contribution in [-0.2, 0) is 16.6 Å². The van der Waals surface area contributed by atoms with Crippen LogP contribution in [0.3, 0.4) is 0 Å². The van der Waals surface area contributed by atoms with E-state index in [-0.39, 0.29) is 16.4 Å².